The summed E-state index contributed by atoms with van der Waals surface area (Å²) in [7, 11) is -3.78. The van der Waals surface area contributed by atoms with Gasteiger partial charge in [-0.15, -0.1) is 0 Å². The van der Waals surface area contributed by atoms with Crippen LogP contribution in [-0.4, -0.2) is 50.3 Å². The Balaban J connectivity index is 2.04. The Kier molecular flexibility index (Phi) is 9.51. The van der Waals surface area contributed by atoms with Gasteiger partial charge in [-0.05, 0) is 56.3 Å². The molecule has 0 heterocycles. The van der Waals surface area contributed by atoms with Crippen LogP contribution in [0.5, 0.6) is 11.5 Å². The van der Waals surface area contributed by atoms with Crippen LogP contribution in [0.1, 0.15) is 38.1 Å². The number of carbonyl (C=O) groups is 2. The summed E-state index contributed by atoms with van der Waals surface area (Å²) in [4.78, 5) is 24.8. The van der Waals surface area contributed by atoms with Crippen LogP contribution >= 0.6 is 11.6 Å². The van der Waals surface area contributed by atoms with Crippen LogP contribution in [0, 0.1) is 0 Å². The summed E-state index contributed by atoms with van der Waals surface area (Å²) in [5, 5.41) is 0.0407. The van der Waals surface area contributed by atoms with Crippen molar-refractivity contribution in [1.82, 2.24) is 15.2 Å². The van der Waals surface area contributed by atoms with Gasteiger partial charge in [0, 0.05) is 13.1 Å². The molecule has 0 saturated carbocycles. The zero-order valence-corrected chi connectivity index (χ0v) is 20.5. The first-order valence-corrected chi connectivity index (χ1v) is 12.2. The molecule has 0 bridgehead atoms. The van der Waals surface area contributed by atoms with Crippen molar-refractivity contribution in [3.05, 3.63) is 53.1 Å². The molecule has 0 radical (unpaired) electrons. The number of rotatable bonds is 10. The highest BCUT2D eigenvalue weighted by atomic mass is 35.5. The average Bonchev–Trinajstić information content (AvgIpc) is 2.79. The van der Waals surface area contributed by atoms with E-state index in [4.69, 9.17) is 21.1 Å². The molecule has 2 rings (SSSR count). The molecule has 0 aliphatic heterocycles. The SMILES string of the molecule is CCOc1ccc(OC(C)C(=O)NNC(=O)c2cc(S(=O)(=O)N(CC)CC)ccc2Cl)cc1. The molecule has 0 spiro atoms. The van der Waals surface area contributed by atoms with E-state index in [-0.39, 0.29) is 28.6 Å². The highest BCUT2D eigenvalue weighted by molar-refractivity contribution is 7.89. The Morgan fingerprint density at radius 1 is 1.00 bits per heavy atom. The standard InChI is InChI=1S/C22H28ClN3O6S/c1-5-26(6-2)33(29,30)18-12-13-20(23)19(14-18)22(28)25-24-21(27)15(4)32-17-10-8-16(9-11-17)31-7-3/h8-15H,5-7H2,1-4H3,(H,24,27)(H,25,28). The zero-order valence-electron chi connectivity index (χ0n) is 18.9. The minimum absolute atomic E-state index is 0.0407. The molecular weight excluding hydrogens is 470 g/mol. The number of sulfonamides is 1. The van der Waals surface area contributed by atoms with Crippen LogP contribution in [-0.2, 0) is 14.8 Å². The lowest BCUT2D eigenvalue weighted by atomic mass is 10.2. The number of ether oxygens (including phenoxy) is 2. The van der Waals surface area contributed by atoms with Crippen LogP contribution in [0.2, 0.25) is 5.02 Å². The molecule has 11 heteroatoms. The monoisotopic (exact) mass is 497 g/mol. The lowest BCUT2D eigenvalue weighted by Gasteiger charge is -2.19. The van der Waals surface area contributed by atoms with Crippen molar-refractivity contribution in [1.29, 1.82) is 0 Å². The summed E-state index contributed by atoms with van der Waals surface area (Å²) in [6.07, 6.45) is -0.923. The highest BCUT2D eigenvalue weighted by Crippen LogP contribution is 2.23. The molecule has 1 atom stereocenters. The van der Waals surface area contributed by atoms with Gasteiger partial charge in [0.25, 0.3) is 11.8 Å². The average molecular weight is 498 g/mol. The lowest BCUT2D eigenvalue weighted by Crippen LogP contribution is -2.47. The van der Waals surface area contributed by atoms with Gasteiger partial charge in [0.15, 0.2) is 6.10 Å². The van der Waals surface area contributed by atoms with Gasteiger partial charge in [-0.2, -0.15) is 4.31 Å². The number of nitrogens with one attached hydrogen (secondary N) is 2. The van der Waals surface area contributed by atoms with Gasteiger partial charge < -0.3 is 9.47 Å². The van der Waals surface area contributed by atoms with Crippen molar-refractivity contribution in [3.63, 3.8) is 0 Å². The summed E-state index contributed by atoms with van der Waals surface area (Å²) in [5.41, 5.74) is 4.40. The molecule has 2 aromatic carbocycles. The minimum atomic E-state index is -3.78. The van der Waals surface area contributed by atoms with E-state index >= 15 is 0 Å². The predicted molar refractivity (Wildman–Crippen MR) is 125 cm³/mol. The van der Waals surface area contributed by atoms with Crippen LogP contribution in [0.3, 0.4) is 0 Å². The second-order valence-electron chi connectivity index (χ2n) is 6.84. The second kappa shape index (κ2) is 11.9. The van der Waals surface area contributed by atoms with E-state index < -0.39 is 27.9 Å². The normalized spacial score (nSPS) is 12.2. The number of nitrogens with zero attached hydrogens (tertiary/aromatic N) is 1. The molecule has 2 amide bonds. The maximum Gasteiger partial charge on any atom is 0.279 e. The Morgan fingerprint density at radius 3 is 2.18 bits per heavy atom. The fourth-order valence-electron chi connectivity index (χ4n) is 2.88. The molecule has 33 heavy (non-hydrogen) atoms. The number of hydrogen-bond acceptors (Lipinski definition) is 6. The zero-order chi connectivity index (χ0) is 24.6. The van der Waals surface area contributed by atoms with Crippen molar-refractivity contribution < 1.29 is 27.5 Å². The van der Waals surface area contributed by atoms with Gasteiger partial charge in [0.05, 0.1) is 22.1 Å². The molecule has 1 unspecified atom stereocenters. The van der Waals surface area contributed by atoms with Crippen molar-refractivity contribution in [3.8, 4) is 11.5 Å². The molecule has 0 aliphatic carbocycles. The van der Waals surface area contributed by atoms with Gasteiger partial charge >= 0.3 is 0 Å². The first-order valence-electron chi connectivity index (χ1n) is 10.4. The molecule has 0 aliphatic rings. The minimum Gasteiger partial charge on any atom is -0.494 e. The summed E-state index contributed by atoms with van der Waals surface area (Å²) in [5.74, 6) is -0.250. The van der Waals surface area contributed by atoms with E-state index in [1.807, 2.05) is 6.92 Å². The highest BCUT2D eigenvalue weighted by Gasteiger charge is 2.24. The van der Waals surface area contributed by atoms with E-state index in [1.165, 1.54) is 29.4 Å². The Morgan fingerprint density at radius 2 is 1.61 bits per heavy atom. The fraction of sp³-hybridized carbons (Fsp3) is 0.364. The molecule has 9 nitrogen and oxygen atoms in total. The van der Waals surface area contributed by atoms with E-state index in [9.17, 15) is 18.0 Å². The number of carbonyl (C=O) groups excluding carboxylic acids is 2. The van der Waals surface area contributed by atoms with Crippen LogP contribution < -0.4 is 20.3 Å². The summed E-state index contributed by atoms with van der Waals surface area (Å²) >= 11 is 6.09. The van der Waals surface area contributed by atoms with Gasteiger partial charge in [0.2, 0.25) is 10.0 Å². The molecule has 180 valence electrons. The van der Waals surface area contributed by atoms with Crippen molar-refractivity contribution in [2.24, 2.45) is 0 Å². The number of halogens is 1. The number of hydrazine groups is 1. The van der Waals surface area contributed by atoms with E-state index in [2.05, 4.69) is 10.9 Å². The molecule has 0 fully saturated rings. The second-order valence-corrected chi connectivity index (χ2v) is 9.18. The number of amides is 2. The molecule has 2 N–H and O–H groups in total. The Bertz CT molecular complexity index is 1070. The van der Waals surface area contributed by atoms with Crippen LogP contribution in [0.4, 0.5) is 0 Å². The van der Waals surface area contributed by atoms with E-state index in [1.54, 1.807) is 38.1 Å². The maximum atomic E-state index is 12.7. The van der Waals surface area contributed by atoms with Gasteiger partial charge in [0.1, 0.15) is 11.5 Å². The predicted octanol–water partition coefficient (Wildman–Crippen LogP) is 3.00. The maximum absolute atomic E-state index is 12.7. The third-order valence-electron chi connectivity index (χ3n) is 4.64. The van der Waals surface area contributed by atoms with Gasteiger partial charge in [-0.3, -0.25) is 20.4 Å². The molecule has 0 aromatic heterocycles. The van der Waals surface area contributed by atoms with Gasteiger partial charge in [-0.25, -0.2) is 8.42 Å². The lowest BCUT2D eigenvalue weighted by molar-refractivity contribution is -0.128. The number of benzene rings is 2. The van der Waals surface area contributed by atoms with Gasteiger partial charge in [-0.1, -0.05) is 25.4 Å². The molecule has 2 aromatic rings. The molecular formula is C22H28ClN3O6S. The smallest absolute Gasteiger partial charge is 0.279 e. The summed E-state index contributed by atoms with van der Waals surface area (Å²) < 4.78 is 37.6. The Hall–Kier alpha value is -2.82. The third-order valence-corrected chi connectivity index (χ3v) is 7.02. The first-order chi connectivity index (χ1) is 15.6. The number of hydrogen-bond donors (Lipinski definition) is 2. The fourth-order valence-corrected chi connectivity index (χ4v) is 4.57. The summed E-state index contributed by atoms with van der Waals surface area (Å²) in [6, 6.07) is 10.6. The van der Waals surface area contributed by atoms with Crippen LogP contribution in [0.15, 0.2) is 47.4 Å². The quantitative estimate of drug-likeness (QED) is 0.488. The van der Waals surface area contributed by atoms with Crippen molar-refractivity contribution in [2.45, 2.75) is 38.7 Å². The topological polar surface area (TPSA) is 114 Å². The van der Waals surface area contributed by atoms with Crippen molar-refractivity contribution in [2.75, 3.05) is 19.7 Å². The van der Waals surface area contributed by atoms with E-state index in [0.717, 1.165) is 0 Å². The Labute approximate surface area is 199 Å². The third kappa shape index (κ3) is 6.83. The molecule has 0 saturated heterocycles. The van der Waals surface area contributed by atoms with E-state index in [0.29, 0.717) is 18.1 Å². The summed E-state index contributed by atoms with van der Waals surface area (Å²) in [6.45, 7) is 7.93. The van der Waals surface area contributed by atoms with Crippen LogP contribution in [0.25, 0.3) is 0 Å². The largest absolute Gasteiger partial charge is 0.494 e. The van der Waals surface area contributed by atoms with Crippen molar-refractivity contribution >= 4 is 33.4 Å². The first kappa shape index (κ1) is 26.4.